The van der Waals surface area contributed by atoms with Gasteiger partial charge >= 0.3 is 5.97 Å². The van der Waals surface area contributed by atoms with Gasteiger partial charge in [0.15, 0.2) is 5.65 Å². The minimum absolute atomic E-state index is 0.103. The molecule has 2 heterocycles. The third kappa shape index (κ3) is 2.50. The van der Waals surface area contributed by atoms with Gasteiger partial charge in [-0.2, -0.15) is 0 Å². The zero-order valence-corrected chi connectivity index (χ0v) is 9.10. The maximum absolute atomic E-state index is 12.1. The van der Waals surface area contributed by atoms with Crippen LogP contribution in [0.5, 0.6) is 0 Å². The Morgan fingerprint density at radius 1 is 1.50 bits per heavy atom. The number of carboxylic acid groups (broad SMARTS) is 1. The first-order chi connectivity index (χ1) is 8.58. The highest BCUT2D eigenvalue weighted by Gasteiger charge is 2.14. The van der Waals surface area contributed by atoms with E-state index in [0.717, 1.165) is 0 Å². The molecule has 2 N–H and O–H groups in total. The summed E-state index contributed by atoms with van der Waals surface area (Å²) < 4.78 is 24.2. The van der Waals surface area contributed by atoms with Gasteiger partial charge < -0.3 is 10.4 Å². The second-order valence-electron chi connectivity index (χ2n) is 3.51. The van der Waals surface area contributed by atoms with Crippen molar-refractivity contribution in [2.75, 3.05) is 11.9 Å². The van der Waals surface area contributed by atoms with Crippen LogP contribution >= 0.6 is 0 Å². The predicted octanol–water partition coefficient (Wildman–Crippen LogP) is 2.00. The number of nitrogens with zero attached hydrogens (tertiary/aromatic N) is 2. The molecule has 7 heteroatoms. The van der Waals surface area contributed by atoms with E-state index in [1.54, 1.807) is 12.1 Å². The molecule has 0 aromatic carbocycles. The molecule has 18 heavy (non-hydrogen) atoms. The lowest BCUT2D eigenvalue weighted by Gasteiger charge is -2.09. The standard InChI is InChI=1S/C11H9F2N3O2/c12-8(13)5-15-10-7(11(17)18)4-6-2-1-3-14-9(6)16-10/h1-4,8H,5H2,(H,17,18)(H,14,15,16). The van der Waals surface area contributed by atoms with Crippen molar-refractivity contribution in [3.8, 4) is 0 Å². The maximum Gasteiger partial charge on any atom is 0.339 e. The first kappa shape index (κ1) is 12.2. The minimum atomic E-state index is -2.59. The van der Waals surface area contributed by atoms with Crippen molar-refractivity contribution in [2.24, 2.45) is 0 Å². The fourth-order valence-corrected chi connectivity index (χ4v) is 1.48. The van der Waals surface area contributed by atoms with Gasteiger partial charge in [0.05, 0.1) is 6.54 Å². The second kappa shape index (κ2) is 4.91. The number of rotatable bonds is 4. The Bertz CT molecular complexity index is 590. The summed E-state index contributed by atoms with van der Waals surface area (Å²) in [4.78, 5) is 18.9. The monoisotopic (exact) mass is 253 g/mol. The normalized spacial score (nSPS) is 10.8. The number of hydrogen-bond donors (Lipinski definition) is 2. The molecule has 0 atom stereocenters. The summed E-state index contributed by atoms with van der Waals surface area (Å²) in [6.45, 7) is -0.661. The molecule has 0 amide bonds. The number of carboxylic acids is 1. The second-order valence-corrected chi connectivity index (χ2v) is 3.51. The lowest BCUT2D eigenvalue weighted by atomic mass is 10.2. The van der Waals surface area contributed by atoms with E-state index in [0.29, 0.717) is 11.0 Å². The predicted molar refractivity (Wildman–Crippen MR) is 61.0 cm³/mol. The van der Waals surface area contributed by atoms with Crippen LogP contribution in [0.15, 0.2) is 24.4 Å². The smallest absolute Gasteiger partial charge is 0.339 e. The molecule has 0 unspecified atom stereocenters. The molecule has 2 aromatic heterocycles. The first-order valence-corrected chi connectivity index (χ1v) is 5.09. The van der Waals surface area contributed by atoms with E-state index in [9.17, 15) is 13.6 Å². The van der Waals surface area contributed by atoms with Crippen molar-refractivity contribution < 1.29 is 18.7 Å². The molecule has 0 fully saturated rings. The number of nitrogens with one attached hydrogen (secondary N) is 1. The van der Waals surface area contributed by atoms with Crippen LogP contribution < -0.4 is 5.32 Å². The molecule has 0 aliphatic heterocycles. The van der Waals surface area contributed by atoms with E-state index in [2.05, 4.69) is 15.3 Å². The lowest BCUT2D eigenvalue weighted by Crippen LogP contribution is -2.15. The Hall–Kier alpha value is -2.31. The zero-order chi connectivity index (χ0) is 13.1. The topological polar surface area (TPSA) is 75.1 Å². The Balaban J connectivity index is 2.47. The number of aromatic nitrogens is 2. The van der Waals surface area contributed by atoms with Gasteiger partial charge in [0.2, 0.25) is 0 Å². The number of pyridine rings is 2. The summed E-state index contributed by atoms with van der Waals surface area (Å²) in [5, 5.41) is 11.8. The molecule has 0 saturated heterocycles. The summed E-state index contributed by atoms with van der Waals surface area (Å²) >= 11 is 0. The average Bonchev–Trinajstić information content (AvgIpc) is 2.35. The van der Waals surface area contributed by atoms with Crippen LogP contribution in [0.1, 0.15) is 10.4 Å². The van der Waals surface area contributed by atoms with Gasteiger partial charge in [0, 0.05) is 11.6 Å². The van der Waals surface area contributed by atoms with Crippen LogP contribution in [-0.4, -0.2) is 34.0 Å². The van der Waals surface area contributed by atoms with Gasteiger partial charge in [0.25, 0.3) is 6.43 Å². The molecule has 0 saturated carbocycles. The van der Waals surface area contributed by atoms with Crippen LogP contribution in [0.2, 0.25) is 0 Å². The van der Waals surface area contributed by atoms with E-state index >= 15 is 0 Å². The average molecular weight is 253 g/mol. The number of fused-ring (bicyclic) bond motifs is 1. The van der Waals surface area contributed by atoms with E-state index in [1.165, 1.54) is 12.3 Å². The van der Waals surface area contributed by atoms with Crippen molar-refractivity contribution in [3.63, 3.8) is 0 Å². The number of anilines is 1. The van der Waals surface area contributed by atoms with Crippen molar-refractivity contribution >= 4 is 22.8 Å². The first-order valence-electron chi connectivity index (χ1n) is 5.09. The van der Waals surface area contributed by atoms with E-state index in [4.69, 9.17) is 5.11 Å². The molecule has 2 rings (SSSR count). The summed E-state index contributed by atoms with van der Waals surface area (Å²) in [6, 6.07) is 4.64. The SMILES string of the molecule is O=C(O)c1cc2cccnc2nc1NCC(F)F. The van der Waals surface area contributed by atoms with Crippen molar-refractivity contribution in [1.82, 2.24) is 9.97 Å². The highest BCUT2D eigenvalue weighted by Crippen LogP contribution is 2.19. The Labute approximate surface area is 100 Å². The third-order valence-electron chi connectivity index (χ3n) is 2.24. The molecule has 0 aliphatic rings. The van der Waals surface area contributed by atoms with Gasteiger partial charge in [-0.3, -0.25) is 0 Å². The van der Waals surface area contributed by atoms with Crippen LogP contribution in [0.4, 0.5) is 14.6 Å². The van der Waals surface area contributed by atoms with Gasteiger partial charge in [-0.05, 0) is 18.2 Å². The fraction of sp³-hybridized carbons (Fsp3) is 0.182. The Morgan fingerprint density at radius 2 is 2.28 bits per heavy atom. The molecule has 94 valence electrons. The van der Waals surface area contributed by atoms with E-state index < -0.39 is 18.9 Å². The zero-order valence-electron chi connectivity index (χ0n) is 9.10. The Kier molecular flexibility index (Phi) is 3.31. The number of carbonyl (C=O) groups is 1. The highest BCUT2D eigenvalue weighted by atomic mass is 19.3. The van der Waals surface area contributed by atoms with Crippen LogP contribution in [0.25, 0.3) is 11.0 Å². The van der Waals surface area contributed by atoms with Gasteiger partial charge in [-0.1, -0.05) is 0 Å². The maximum atomic E-state index is 12.1. The number of aromatic carboxylic acids is 1. The largest absolute Gasteiger partial charge is 0.478 e. The molecule has 0 bridgehead atoms. The van der Waals surface area contributed by atoms with Crippen molar-refractivity contribution in [2.45, 2.75) is 6.43 Å². The van der Waals surface area contributed by atoms with E-state index in [-0.39, 0.29) is 11.4 Å². The molecule has 0 radical (unpaired) electrons. The number of hydrogen-bond acceptors (Lipinski definition) is 4. The highest BCUT2D eigenvalue weighted by molar-refractivity contribution is 5.97. The molecule has 2 aromatic rings. The molecular weight excluding hydrogens is 244 g/mol. The fourth-order valence-electron chi connectivity index (χ4n) is 1.48. The van der Waals surface area contributed by atoms with Crippen LogP contribution in [0.3, 0.4) is 0 Å². The molecule has 0 aliphatic carbocycles. The third-order valence-corrected chi connectivity index (χ3v) is 2.24. The summed E-state index contributed by atoms with van der Waals surface area (Å²) in [7, 11) is 0. The van der Waals surface area contributed by atoms with Gasteiger partial charge in [-0.25, -0.2) is 23.5 Å². The summed E-state index contributed by atoms with van der Waals surface area (Å²) in [5.74, 6) is -1.33. The van der Waals surface area contributed by atoms with Crippen LogP contribution in [0, 0.1) is 0 Å². The molecule has 5 nitrogen and oxygen atoms in total. The van der Waals surface area contributed by atoms with E-state index in [1.807, 2.05) is 0 Å². The molecule has 0 spiro atoms. The number of alkyl halides is 2. The summed E-state index contributed by atoms with van der Waals surface area (Å²) in [6.07, 6.45) is -1.10. The number of halogens is 2. The molecular formula is C11H9F2N3O2. The summed E-state index contributed by atoms with van der Waals surface area (Å²) in [5.41, 5.74) is 0.149. The van der Waals surface area contributed by atoms with Gasteiger partial charge in [-0.15, -0.1) is 0 Å². The van der Waals surface area contributed by atoms with Gasteiger partial charge in [0.1, 0.15) is 11.4 Å². The lowest BCUT2D eigenvalue weighted by molar-refractivity contribution is 0.0697. The van der Waals surface area contributed by atoms with Crippen molar-refractivity contribution in [3.05, 3.63) is 30.0 Å². The Morgan fingerprint density at radius 3 is 2.94 bits per heavy atom. The van der Waals surface area contributed by atoms with Crippen LogP contribution in [-0.2, 0) is 0 Å². The van der Waals surface area contributed by atoms with Crippen molar-refractivity contribution in [1.29, 1.82) is 0 Å². The quantitative estimate of drug-likeness (QED) is 0.871. The minimum Gasteiger partial charge on any atom is -0.478 e.